The molecule has 1 atom stereocenters. The normalized spacial score (nSPS) is 19.5. The maximum absolute atomic E-state index is 13.0. The monoisotopic (exact) mass is 457 g/mol. The quantitative estimate of drug-likeness (QED) is 0.482. The second-order valence-corrected chi connectivity index (χ2v) is 9.21. The van der Waals surface area contributed by atoms with Crippen LogP contribution < -0.4 is 11.1 Å². The molecule has 1 fully saturated rings. The SMILES string of the molecule is C=C(N)/C(=C\C(=C/C)c1ccc(C2CCCCN2CCF)cc1)c1ccc2c(c1)CCNC2=C. The lowest BCUT2D eigenvalue weighted by Gasteiger charge is -2.35. The predicted octanol–water partition coefficient (Wildman–Crippen LogP) is 6.26. The average Bonchev–Trinajstić information content (AvgIpc) is 2.85. The Balaban J connectivity index is 1.61. The predicted molar refractivity (Wildman–Crippen MR) is 143 cm³/mol. The lowest BCUT2D eigenvalue weighted by atomic mass is 9.90. The molecule has 0 spiro atoms. The minimum Gasteiger partial charge on any atom is -0.399 e. The van der Waals surface area contributed by atoms with E-state index in [-0.39, 0.29) is 6.67 Å². The van der Waals surface area contributed by atoms with Gasteiger partial charge in [-0.15, -0.1) is 0 Å². The fourth-order valence-corrected chi connectivity index (χ4v) is 5.20. The third kappa shape index (κ3) is 5.18. The number of rotatable bonds is 7. The fraction of sp³-hybridized carbons (Fsp3) is 0.333. The Morgan fingerprint density at radius 3 is 2.65 bits per heavy atom. The van der Waals surface area contributed by atoms with Crippen molar-refractivity contribution in [2.45, 2.75) is 38.6 Å². The second kappa shape index (κ2) is 10.9. The number of hydrogen-bond donors (Lipinski definition) is 2. The summed E-state index contributed by atoms with van der Waals surface area (Å²) >= 11 is 0. The van der Waals surface area contributed by atoms with Crippen molar-refractivity contribution in [1.29, 1.82) is 0 Å². The van der Waals surface area contributed by atoms with Gasteiger partial charge in [0.1, 0.15) is 6.67 Å². The zero-order valence-corrected chi connectivity index (χ0v) is 20.2. The molecule has 3 nitrogen and oxygen atoms in total. The highest BCUT2D eigenvalue weighted by molar-refractivity contribution is 5.89. The molecular formula is C30H36FN3. The molecule has 0 bridgehead atoms. The number of alkyl halides is 1. The van der Waals surface area contributed by atoms with Gasteiger partial charge in [0, 0.05) is 41.7 Å². The number of likely N-dealkylation sites (tertiary alicyclic amines) is 1. The molecule has 1 unspecified atom stereocenters. The highest BCUT2D eigenvalue weighted by atomic mass is 19.1. The number of nitrogens with zero attached hydrogens (tertiary/aromatic N) is 1. The summed E-state index contributed by atoms with van der Waals surface area (Å²) in [4.78, 5) is 2.28. The molecule has 2 aliphatic heterocycles. The zero-order valence-electron chi connectivity index (χ0n) is 20.2. The molecular weight excluding hydrogens is 421 g/mol. The molecule has 34 heavy (non-hydrogen) atoms. The van der Waals surface area contributed by atoms with Crippen molar-refractivity contribution in [3.05, 3.63) is 101 Å². The zero-order chi connectivity index (χ0) is 24.1. The molecule has 0 saturated carbocycles. The van der Waals surface area contributed by atoms with E-state index in [9.17, 15) is 4.39 Å². The average molecular weight is 458 g/mol. The Morgan fingerprint density at radius 2 is 1.94 bits per heavy atom. The number of hydrogen-bond acceptors (Lipinski definition) is 3. The van der Waals surface area contributed by atoms with Crippen molar-refractivity contribution < 1.29 is 4.39 Å². The smallest absolute Gasteiger partial charge is 0.102 e. The topological polar surface area (TPSA) is 41.3 Å². The first-order valence-corrected chi connectivity index (χ1v) is 12.3. The van der Waals surface area contributed by atoms with E-state index in [2.05, 4.69) is 78.0 Å². The summed E-state index contributed by atoms with van der Waals surface area (Å²) in [6.07, 6.45) is 8.65. The van der Waals surface area contributed by atoms with Crippen LogP contribution in [0.2, 0.25) is 0 Å². The molecule has 2 heterocycles. The Kier molecular flexibility index (Phi) is 7.69. The summed E-state index contributed by atoms with van der Waals surface area (Å²) in [5.41, 5.74) is 15.7. The van der Waals surface area contributed by atoms with Crippen LogP contribution in [0.1, 0.15) is 60.0 Å². The van der Waals surface area contributed by atoms with Gasteiger partial charge < -0.3 is 11.1 Å². The lowest BCUT2D eigenvalue weighted by molar-refractivity contribution is 0.138. The maximum Gasteiger partial charge on any atom is 0.102 e. The molecule has 0 aromatic heterocycles. The van der Waals surface area contributed by atoms with E-state index < -0.39 is 0 Å². The Bertz CT molecular complexity index is 1110. The van der Waals surface area contributed by atoms with Crippen LogP contribution in [0.4, 0.5) is 4.39 Å². The molecule has 4 heteroatoms. The van der Waals surface area contributed by atoms with E-state index >= 15 is 0 Å². The molecule has 2 aromatic rings. The van der Waals surface area contributed by atoms with Crippen molar-refractivity contribution in [2.24, 2.45) is 5.73 Å². The van der Waals surface area contributed by atoms with Gasteiger partial charge in [0.05, 0.1) is 0 Å². The Labute approximate surface area is 203 Å². The van der Waals surface area contributed by atoms with E-state index in [1.807, 2.05) is 6.92 Å². The first-order valence-electron chi connectivity index (χ1n) is 12.3. The molecule has 178 valence electrons. The largest absolute Gasteiger partial charge is 0.399 e. The van der Waals surface area contributed by atoms with Gasteiger partial charge in [-0.2, -0.15) is 0 Å². The maximum atomic E-state index is 13.0. The summed E-state index contributed by atoms with van der Waals surface area (Å²) in [5, 5.41) is 3.33. The van der Waals surface area contributed by atoms with Gasteiger partial charge in [-0.25, -0.2) is 4.39 Å². The van der Waals surface area contributed by atoms with Gasteiger partial charge in [-0.1, -0.05) is 68.1 Å². The standard InChI is InChI=1S/C30H36FN3/c1-4-23(24-8-10-25(11-9-24)30-7-5-6-17-34(30)18-15-31)20-29(21(2)32)26-12-13-28-22(3)33-16-14-27(28)19-26/h4,8-13,19-20,30,33H,2-3,5-7,14-18,32H2,1H3/b23-4+,29-20+. The summed E-state index contributed by atoms with van der Waals surface area (Å²) in [7, 11) is 0. The van der Waals surface area contributed by atoms with Crippen molar-refractivity contribution >= 4 is 16.8 Å². The van der Waals surface area contributed by atoms with Gasteiger partial charge >= 0.3 is 0 Å². The molecule has 3 N–H and O–H groups in total. The van der Waals surface area contributed by atoms with E-state index in [1.165, 1.54) is 23.1 Å². The highest BCUT2D eigenvalue weighted by Crippen LogP contribution is 2.33. The van der Waals surface area contributed by atoms with Crippen molar-refractivity contribution in [2.75, 3.05) is 26.3 Å². The number of fused-ring (bicyclic) bond motifs is 1. The van der Waals surface area contributed by atoms with Crippen LogP contribution in [0.5, 0.6) is 0 Å². The minimum atomic E-state index is -0.291. The van der Waals surface area contributed by atoms with E-state index in [4.69, 9.17) is 5.73 Å². The van der Waals surface area contributed by atoms with Crippen molar-refractivity contribution in [3.8, 4) is 0 Å². The molecule has 0 radical (unpaired) electrons. The molecule has 0 aliphatic carbocycles. The van der Waals surface area contributed by atoms with E-state index in [0.29, 0.717) is 18.3 Å². The number of benzene rings is 2. The third-order valence-electron chi connectivity index (χ3n) is 7.05. The molecule has 0 amide bonds. The van der Waals surface area contributed by atoms with Crippen LogP contribution in [0.15, 0.2) is 73.5 Å². The van der Waals surface area contributed by atoms with Crippen LogP contribution in [-0.4, -0.2) is 31.2 Å². The van der Waals surface area contributed by atoms with Gasteiger partial charge in [0.2, 0.25) is 0 Å². The number of nitrogens with one attached hydrogen (secondary N) is 1. The van der Waals surface area contributed by atoms with Crippen LogP contribution >= 0.6 is 0 Å². The lowest BCUT2D eigenvalue weighted by Crippen LogP contribution is -2.34. The van der Waals surface area contributed by atoms with Crippen molar-refractivity contribution in [3.63, 3.8) is 0 Å². The third-order valence-corrected chi connectivity index (χ3v) is 7.05. The first kappa shape index (κ1) is 24.0. The summed E-state index contributed by atoms with van der Waals surface area (Å²) in [6, 6.07) is 15.5. The first-order chi connectivity index (χ1) is 16.5. The number of piperidine rings is 1. The number of allylic oxidation sites excluding steroid dienone is 4. The fourth-order valence-electron chi connectivity index (χ4n) is 5.20. The van der Waals surface area contributed by atoms with Crippen LogP contribution in [0, 0.1) is 0 Å². The second-order valence-electron chi connectivity index (χ2n) is 9.21. The number of nitrogens with two attached hydrogens (primary N) is 1. The van der Waals surface area contributed by atoms with Gasteiger partial charge in [-0.05, 0) is 66.6 Å². The molecule has 1 saturated heterocycles. The van der Waals surface area contributed by atoms with Crippen molar-refractivity contribution in [1.82, 2.24) is 10.2 Å². The summed E-state index contributed by atoms with van der Waals surface area (Å²) < 4.78 is 13.0. The molecule has 2 aliphatic rings. The minimum absolute atomic E-state index is 0.291. The Hall–Kier alpha value is -3.11. The van der Waals surface area contributed by atoms with E-state index in [0.717, 1.165) is 60.3 Å². The number of halogens is 1. The van der Waals surface area contributed by atoms with E-state index in [1.54, 1.807) is 0 Å². The Morgan fingerprint density at radius 1 is 1.18 bits per heavy atom. The van der Waals surface area contributed by atoms with Gasteiger partial charge in [0.15, 0.2) is 0 Å². The molecule has 4 rings (SSSR count). The summed E-state index contributed by atoms with van der Waals surface area (Å²) in [6.45, 7) is 12.3. The van der Waals surface area contributed by atoms with Crippen LogP contribution in [0.25, 0.3) is 16.8 Å². The van der Waals surface area contributed by atoms with Gasteiger partial charge in [-0.3, -0.25) is 4.90 Å². The molecule has 2 aromatic carbocycles. The van der Waals surface area contributed by atoms with Crippen LogP contribution in [0.3, 0.4) is 0 Å². The van der Waals surface area contributed by atoms with Crippen LogP contribution in [-0.2, 0) is 6.42 Å². The highest BCUT2D eigenvalue weighted by Gasteiger charge is 2.23. The van der Waals surface area contributed by atoms with Gasteiger partial charge in [0.25, 0.3) is 0 Å². The summed E-state index contributed by atoms with van der Waals surface area (Å²) in [5.74, 6) is 0.